The Labute approximate surface area is 131 Å². The molecule has 0 aliphatic rings. The standard InChI is InChI=1S/C14H21ClN2O3S/c1-10(2)9-16-14(18)11(3)17(21(4,19)20)13-7-5-12(15)6-8-13/h5-8,10-11H,9H2,1-4H3,(H,16,18)/t11-/m1/s1. The molecule has 0 radical (unpaired) electrons. The van der Waals surface area contributed by atoms with Crippen molar-refractivity contribution in [2.75, 3.05) is 17.1 Å². The molecular weight excluding hydrogens is 312 g/mol. The highest BCUT2D eigenvalue weighted by molar-refractivity contribution is 7.92. The first-order valence-electron chi connectivity index (χ1n) is 6.65. The molecule has 0 aliphatic heterocycles. The zero-order valence-electron chi connectivity index (χ0n) is 12.6. The summed E-state index contributed by atoms with van der Waals surface area (Å²) < 4.78 is 25.1. The van der Waals surface area contributed by atoms with Gasteiger partial charge in [0.15, 0.2) is 0 Å². The van der Waals surface area contributed by atoms with E-state index in [1.807, 2.05) is 13.8 Å². The van der Waals surface area contributed by atoms with Crippen molar-refractivity contribution >= 4 is 33.2 Å². The normalized spacial score (nSPS) is 13.0. The van der Waals surface area contributed by atoms with Gasteiger partial charge in [-0.15, -0.1) is 0 Å². The van der Waals surface area contributed by atoms with Crippen LogP contribution in [0.4, 0.5) is 5.69 Å². The topological polar surface area (TPSA) is 66.5 Å². The molecule has 1 atom stereocenters. The number of nitrogens with one attached hydrogen (secondary N) is 1. The largest absolute Gasteiger partial charge is 0.354 e. The number of hydrogen-bond donors (Lipinski definition) is 1. The molecule has 0 saturated carbocycles. The van der Waals surface area contributed by atoms with Gasteiger partial charge in [0.1, 0.15) is 6.04 Å². The fourth-order valence-electron chi connectivity index (χ4n) is 1.85. The van der Waals surface area contributed by atoms with E-state index in [1.54, 1.807) is 31.2 Å². The summed E-state index contributed by atoms with van der Waals surface area (Å²) in [4.78, 5) is 12.1. The van der Waals surface area contributed by atoms with Crippen molar-refractivity contribution in [3.8, 4) is 0 Å². The highest BCUT2D eigenvalue weighted by atomic mass is 35.5. The number of hydrogen-bond acceptors (Lipinski definition) is 3. The lowest BCUT2D eigenvalue weighted by Gasteiger charge is -2.28. The van der Waals surface area contributed by atoms with E-state index in [9.17, 15) is 13.2 Å². The van der Waals surface area contributed by atoms with E-state index in [-0.39, 0.29) is 5.91 Å². The number of benzene rings is 1. The van der Waals surface area contributed by atoms with Gasteiger partial charge in [-0.3, -0.25) is 9.10 Å². The second-order valence-corrected chi connectivity index (χ2v) is 7.65. The van der Waals surface area contributed by atoms with Crippen LogP contribution in [0.2, 0.25) is 5.02 Å². The predicted molar refractivity (Wildman–Crippen MR) is 86.1 cm³/mol. The third-order valence-corrected chi connectivity index (χ3v) is 4.35. The van der Waals surface area contributed by atoms with E-state index >= 15 is 0 Å². The third kappa shape index (κ3) is 5.21. The Balaban J connectivity index is 3.03. The van der Waals surface area contributed by atoms with Gasteiger partial charge in [-0.2, -0.15) is 0 Å². The third-order valence-electron chi connectivity index (χ3n) is 2.85. The SMILES string of the molecule is CC(C)CNC(=O)[C@@H](C)N(c1ccc(Cl)cc1)S(C)(=O)=O. The number of carbonyl (C=O) groups is 1. The van der Waals surface area contributed by atoms with E-state index in [4.69, 9.17) is 11.6 Å². The Hall–Kier alpha value is -1.27. The quantitative estimate of drug-likeness (QED) is 0.869. The van der Waals surface area contributed by atoms with Gasteiger partial charge in [-0.05, 0) is 37.1 Å². The minimum atomic E-state index is -3.58. The van der Waals surface area contributed by atoms with Crippen molar-refractivity contribution < 1.29 is 13.2 Å². The molecule has 0 saturated heterocycles. The zero-order chi connectivity index (χ0) is 16.2. The molecule has 1 rings (SSSR count). The zero-order valence-corrected chi connectivity index (χ0v) is 14.2. The monoisotopic (exact) mass is 332 g/mol. The molecule has 1 aromatic rings. The molecular formula is C14H21ClN2O3S. The van der Waals surface area contributed by atoms with E-state index in [0.717, 1.165) is 10.6 Å². The van der Waals surface area contributed by atoms with Gasteiger partial charge in [-0.25, -0.2) is 8.42 Å². The maximum Gasteiger partial charge on any atom is 0.243 e. The summed E-state index contributed by atoms with van der Waals surface area (Å²) in [5.41, 5.74) is 0.411. The van der Waals surface area contributed by atoms with Crippen LogP contribution in [0.15, 0.2) is 24.3 Å². The Morgan fingerprint density at radius 1 is 1.24 bits per heavy atom. The average Bonchev–Trinajstić information content (AvgIpc) is 2.36. The molecule has 0 fully saturated rings. The first kappa shape index (κ1) is 17.8. The average molecular weight is 333 g/mol. The van der Waals surface area contributed by atoms with Crippen LogP contribution >= 0.6 is 11.6 Å². The Bertz CT molecular complexity index is 585. The Morgan fingerprint density at radius 3 is 2.19 bits per heavy atom. The van der Waals surface area contributed by atoms with Crippen LogP contribution in [0.25, 0.3) is 0 Å². The summed E-state index contributed by atoms with van der Waals surface area (Å²) in [7, 11) is -3.58. The number of halogens is 1. The fourth-order valence-corrected chi connectivity index (χ4v) is 3.15. The Kier molecular flexibility index (Phi) is 6.04. The summed E-state index contributed by atoms with van der Waals surface area (Å²) in [5.74, 6) is -0.0348. The van der Waals surface area contributed by atoms with Gasteiger partial charge in [0, 0.05) is 11.6 Å². The van der Waals surface area contributed by atoms with Crippen LogP contribution < -0.4 is 9.62 Å². The number of anilines is 1. The highest BCUT2D eigenvalue weighted by Crippen LogP contribution is 2.22. The van der Waals surface area contributed by atoms with Crippen molar-refractivity contribution in [1.82, 2.24) is 5.32 Å². The van der Waals surface area contributed by atoms with Crippen LogP contribution in [-0.4, -0.2) is 33.2 Å². The number of rotatable bonds is 6. The van der Waals surface area contributed by atoms with E-state index in [0.29, 0.717) is 23.2 Å². The second-order valence-electron chi connectivity index (χ2n) is 5.35. The highest BCUT2D eigenvalue weighted by Gasteiger charge is 2.28. The lowest BCUT2D eigenvalue weighted by Crippen LogP contribution is -2.48. The Morgan fingerprint density at radius 2 is 1.76 bits per heavy atom. The molecule has 0 heterocycles. The molecule has 118 valence electrons. The summed E-state index contributed by atoms with van der Waals surface area (Å²) in [5, 5.41) is 3.25. The summed E-state index contributed by atoms with van der Waals surface area (Å²) in [6, 6.07) is 5.51. The molecule has 0 spiro atoms. The molecule has 1 amide bonds. The van der Waals surface area contributed by atoms with Gasteiger partial charge >= 0.3 is 0 Å². The van der Waals surface area contributed by atoms with Crippen molar-refractivity contribution in [3.05, 3.63) is 29.3 Å². The summed E-state index contributed by atoms with van der Waals surface area (Å²) in [6.07, 6.45) is 1.08. The van der Waals surface area contributed by atoms with Crippen LogP contribution in [0.5, 0.6) is 0 Å². The van der Waals surface area contributed by atoms with Gasteiger partial charge in [-0.1, -0.05) is 25.4 Å². The van der Waals surface area contributed by atoms with Crippen molar-refractivity contribution in [2.24, 2.45) is 5.92 Å². The van der Waals surface area contributed by atoms with Crippen LogP contribution in [0.1, 0.15) is 20.8 Å². The summed E-state index contributed by atoms with van der Waals surface area (Å²) >= 11 is 5.81. The van der Waals surface area contributed by atoms with Crippen molar-refractivity contribution in [3.63, 3.8) is 0 Å². The molecule has 0 bridgehead atoms. The lowest BCUT2D eigenvalue weighted by molar-refractivity contribution is -0.121. The molecule has 0 unspecified atom stereocenters. The molecule has 1 N–H and O–H groups in total. The minimum absolute atomic E-state index is 0.295. The fraction of sp³-hybridized carbons (Fsp3) is 0.500. The summed E-state index contributed by atoms with van der Waals surface area (Å²) in [6.45, 7) is 6.00. The van der Waals surface area contributed by atoms with Crippen LogP contribution in [-0.2, 0) is 14.8 Å². The van der Waals surface area contributed by atoms with Gasteiger partial charge in [0.2, 0.25) is 15.9 Å². The molecule has 1 aromatic carbocycles. The first-order chi connectivity index (χ1) is 9.62. The van der Waals surface area contributed by atoms with Crippen LogP contribution in [0.3, 0.4) is 0 Å². The lowest BCUT2D eigenvalue weighted by atomic mass is 10.2. The van der Waals surface area contributed by atoms with Gasteiger partial charge in [0.25, 0.3) is 0 Å². The number of nitrogens with zero attached hydrogens (tertiary/aromatic N) is 1. The second kappa shape index (κ2) is 7.13. The van der Waals surface area contributed by atoms with E-state index in [2.05, 4.69) is 5.32 Å². The van der Waals surface area contributed by atoms with Crippen LogP contribution in [0, 0.1) is 5.92 Å². The van der Waals surface area contributed by atoms with Gasteiger partial charge in [0.05, 0.1) is 11.9 Å². The molecule has 7 heteroatoms. The van der Waals surface area contributed by atoms with Crippen molar-refractivity contribution in [2.45, 2.75) is 26.8 Å². The van der Waals surface area contributed by atoms with E-state index in [1.165, 1.54) is 0 Å². The number of amides is 1. The molecule has 0 aliphatic carbocycles. The first-order valence-corrected chi connectivity index (χ1v) is 8.88. The number of sulfonamides is 1. The van der Waals surface area contributed by atoms with E-state index < -0.39 is 16.1 Å². The predicted octanol–water partition coefficient (Wildman–Crippen LogP) is 2.27. The number of carbonyl (C=O) groups excluding carboxylic acids is 1. The molecule has 0 aromatic heterocycles. The molecule has 21 heavy (non-hydrogen) atoms. The maximum atomic E-state index is 12.1. The maximum absolute atomic E-state index is 12.1. The van der Waals surface area contributed by atoms with Crippen molar-refractivity contribution in [1.29, 1.82) is 0 Å². The van der Waals surface area contributed by atoms with Gasteiger partial charge < -0.3 is 5.32 Å². The smallest absolute Gasteiger partial charge is 0.243 e. The molecule has 5 nitrogen and oxygen atoms in total. The minimum Gasteiger partial charge on any atom is -0.354 e.